The number of hydrogen-bond donors (Lipinski definition) is 0. The van der Waals surface area contributed by atoms with Crippen LogP contribution in [0, 0.1) is 11.3 Å². The number of ether oxygens (including phenoxy) is 2. The van der Waals surface area contributed by atoms with E-state index in [-0.39, 0.29) is 34.5 Å². The van der Waals surface area contributed by atoms with Crippen molar-refractivity contribution in [2.24, 2.45) is 0 Å². The van der Waals surface area contributed by atoms with E-state index in [1.54, 1.807) is 19.1 Å². The van der Waals surface area contributed by atoms with Gasteiger partial charge >= 0.3 is 11.9 Å². The van der Waals surface area contributed by atoms with Gasteiger partial charge in [-0.2, -0.15) is 15.0 Å². The van der Waals surface area contributed by atoms with Crippen molar-refractivity contribution in [2.45, 2.75) is 13.3 Å². The third-order valence-electron chi connectivity index (χ3n) is 3.58. The predicted molar refractivity (Wildman–Crippen MR) is 86.6 cm³/mol. The average molecular weight is 341 g/mol. The topological polar surface area (TPSA) is 111 Å². The van der Waals surface area contributed by atoms with Crippen molar-refractivity contribution in [3.63, 3.8) is 0 Å². The van der Waals surface area contributed by atoms with Gasteiger partial charge in [0.25, 0.3) is 5.56 Å². The Kier molecular flexibility index (Phi) is 5.29. The Morgan fingerprint density at radius 3 is 2.40 bits per heavy atom. The third-order valence-corrected chi connectivity index (χ3v) is 3.58. The summed E-state index contributed by atoms with van der Waals surface area (Å²) in [5, 5.41) is 13.4. The minimum Gasteiger partial charge on any atom is -0.465 e. The highest BCUT2D eigenvalue weighted by atomic mass is 16.5. The Morgan fingerprint density at radius 2 is 1.84 bits per heavy atom. The predicted octanol–water partition coefficient (Wildman–Crippen LogP) is 1.24. The van der Waals surface area contributed by atoms with E-state index in [4.69, 9.17) is 9.47 Å². The number of esters is 2. The maximum absolute atomic E-state index is 12.7. The molecule has 2 rings (SSSR count). The van der Waals surface area contributed by atoms with E-state index < -0.39 is 17.5 Å². The molecule has 0 unspecified atom stereocenters. The first-order chi connectivity index (χ1) is 12.0. The number of aromatic nitrogens is 2. The number of nitriles is 1. The van der Waals surface area contributed by atoms with Crippen LogP contribution in [0.1, 0.15) is 38.9 Å². The Balaban J connectivity index is 2.90. The summed E-state index contributed by atoms with van der Waals surface area (Å²) in [6, 6.07) is 7.91. The number of para-hydroxylation sites is 1. The summed E-state index contributed by atoms with van der Waals surface area (Å²) in [7, 11) is 2.38. The van der Waals surface area contributed by atoms with Gasteiger partial charge in [0.05, 0.1) is 25.5 Å². The lowest BCUT2D eigenvalue weighted by molar-refractivity contribution is 0.0587. The highest BCUT2D eigenvalue weighted by Gasteiger charge is 2.24. The molecule has 0 fully saturated rings. The Hall–Kier alpha value is -3.47. The summed E-state index contributed by atoms with van der Waals surface area (Å²) < 4.78 is 10.2. The summed E-state index contributed by atoms with van der Waals surface area (Å²) in [4.78, 5) is 36.7. The first-order valence-electron chi connectivity index (χ1n) is 7.32. The van der Waals surface area contributed by atoms with Crippen LogP contribution in [0.4, 0.5) is 0 Å². The monoisotopic (exact) mass is 341 g/mol. The standard InChI is InChI=1S/C17H15N3O5/c1-4-10-12(9-18)15(21)20(19-14(10)17(23)25-3)13-8-6-5-7-11(13)16(22)24-2/h5-8H,4H2,1-3H3. The van der Waals surface area contributed by atoms with E-state index in [9.17, 15) is 19.6 Å². The van der Waals surface area contributed by atoms with Crippen molar-refractivity contribution in [2.75, 3.05) is 14.2 Å². The Labute approximate surface area is 143 Å². The van der Waals surface area contributed by atoms with Gasteiger partial charge in [0.1, 0.15) is 11.6 Å². The van der Waals surface area contributed by atoms with E-state index >= 15 is 0 Å². The van der Waals surface area contributed by atoms with Crippen LogP contribution in [-0.4, -0.2) is 35.9 Å². The number of methoxy groups -OCH3 is 2. The molecule has 8 nitrogen and oxygen atoms in total. The molecule has 0 atom stereocenters. The average Bonchev–Trinajstić information content (AvgIpc) is 2.66. The highest BCUT2D eigenvalue weighted by molar-refractivity contribution is 5.93. The van der Waals surface area contributed by atoms with Gasteiger partial charge in [-0.1, -0.05) is 19.1 Å². The van der Waals surface area contributed by atoms with E-state index in [1.807, 2.05) is 6.07 Å². The van der Waals surface area contributed by atoms with Gasteiger partial charge < -0.3 is 9.47 Å². The lowest BCUT2D eigenvalue weighted by atomic mass is 10.1. The number of rotatable bonds is 4. The third kappa shape index (κ3) is 3.12. The molecule has 0 bridgehead atoms. The second-order valence-electron chi connectivity index (χ2n) is 4.88. The van der Waals surface area contributed by atoms with Crippen LogP contribution in [0.15, 0.2) is 29.1 Å². The molecule has 0 aliphatic heterocycles. The maximum atomic E-state index is 12.7. The second-order valence-corrected chi connectivity index (χ2v) is 4.88. The molecule has 0 saturated carbocycles. The Morgan fingerprint density at radius 1 is 1.20 bits per heavy atom. The van der Waals surface area contributed by atoms with Crippen LogP contribution in [-0.2, 0) is 15.9 Å². The largest absolute Gasteiger partial charge is 0.465 e. The molecular formula is C17H15N3O5. The number of carbonyl (C=O) groups is 2. The number of hydrogen-bond acceptors (Lipinski definition) is 7. The van der Waals surface area contributed by atoms with Crippen molar-refractivity contribution < 1.29 is 19.1 Å². The summed E-state index contributed by atoms with van der Waals surface area (Å²) >= 11 is 0. The minimum atomic E-state index is -0.780. The van der Waals surface area contributed by atoms with Gasteiger partial charge in [-0.05, 0) is 18.6 Å². The molecule has 0 spiro atoms. The van der Waals surface area contributed by atoms with E-state index in [0.717, 1.165) is 4.68 Å². The molecule has 0 aliphatic rings. The lowest BCUT2D eigenvalue weighted by Gasteiger charge is -2.13. The van der Waals surface area contributed by atoms with Gasteiger partial charge in [-0.15, -0.1) is 0 Å². The number of carbonyl (C=O) groups excluding carboxylic acids is 2. The first kappa shape index (κ1) is 17.9. The normalized spacial score (nSPS) is 10.0. The molecule has 0 saturated heterocycles. The van der Waals surface area contributed by atoms with Crippen molar-refractivity contribution in [1.82, 2.24) is 9.78 Å². The molecule has 0 radical (unpaired) electrons. The van der Waals surface area contributed by atoms with Crippen molar-refractivity contribution in [3.8, 4) is 11.8 Å². The SMILES string of the molecule is CCc1c(C(=O)OC)nn(-c2ccccc2C(=O)OC)c(=O)c1C#N. The van der Waals surface area contributed by atoms with Crippen LogP contribution in [0.25, 0.3) is 5.69 Å². The molecule has 1 aromatic heterocycles. The maximum Gasteiger partial charge on any atom is 0.358 e. The van der Waals surface area contributed by atoms with E-state index in [0.29, 0.717) is 0 Å². The lowest BCUT2D eigenvalue weighted by Crippen LogP contribution is -2.30. The second kappa shape index (κ2) is 7.40. The molecule has 2 aromatic rings. The summed E-state index contributed by atoms with van der Waals surface area (Å²) in [5.74, 6) is -1.46. The Bertz CT molecular complexity index is 940. The van der Waals surface area contributed by atoms with Gasteiger partial charge in [-0.3, -0.25) is 4.79 Å². The molecule has 0 N–H and O–H groups in total. The first-order valence-corrected chi connectivity index (χ1v) is 7.32. The number of nitrogens with zero attached hydrogens (tertiary/aromatic N) is 3. The highest BCUT2D eigenvalue weighted by Crippen LogP contribution is 2.17. The molecule has 0 amide bonds. The molecule has 0 aliphatic carbocycles. The minimum absolute atomic E-state index is 0.0727. The zero-order chi connectivity index (χ0) is 18.6. The molecule has 1 aromatic carbocycles. The fourth-order valence-electron chi connectivity index (χ4n) is 2.38. The van der Waals surface area contributed by atoms with E-state index in [2.05, 4.69) is 5.10 Å². The summed E-state index contributed by atoms with van der Waals surface area (Å²) in [5.41, 5.74) is -0.736. The summed E-state index contributed by atoms with van der Waals surface area (Å²) in [6.07, 6.45) is 0.245. The molecule has 1 heterocycles. The van der Waals surface area contributed by atoms with Gasteiger partial charge in [0.15, 0.2) is 5.69 Å². The molecule has 8 heteroatoms. The molecule has 128 valence electrons. The van der Waals surface area contributed by atoms with Crippen molar-refractivity contribution in [3.05, 3.63) is 57.0 Å². The van der Waals surface area contributed by atoms with Crippen LogP contribution in [0.5, 0.6) is 0 Å². The number of benzene rings is 1. The zero-order valence-corrected chi connectivity index (χ0v) is 13.9. The smallest absolute Gasteiger partial charge is 0.358 e. The quantitative estimate of drug-likeness (QED) is 0.769. The molecule has 25 heavy (non-hydrogen) atoms. The zero-order valence-electron chi connectivity index (χ0n) is 13.9. The van der Waals surface area contributed by atoms with Gasteiger partial charge in [0, 0.05) is 5.56 Å². The van der Waals surface area contributed by atoms with Crippen LogP contribution in [0.3, 0.4) is 0 Å². The fraction of sp³-hybridized carbons (Fsp3) is 0.235. The van der Waals surface area contributed by atoms with Crippen LogP contribution >= 0.6 is 0 Å². The van der Waals surface area contributed by atoms with Crippen molar-refractivity contribution >= 4 is 11.9 Å². The van der Waals surface area contributed by atoms with Crippen molar-refractivity contribution in [1.29, 1.82) is 5.26 Å². The van der Waals surface area contributed by atoms with Crippen LogP contribution in [0.2, 0.25) is 0 Å². The molecular weight excluding hydrogens is 326 g/mol. The summed E-state index contributed by atoms with van der Waals surface area (Å²) in [6.45, 7) is 1.69. The van der Waals surface area contributed by atoms with E-state index in [1.165, 1.54) is 26.4 Å². The van der Waals surface area contributed by atoms with Gasteiger partial charge in [-0.25, -0.2) is 9.59 Å². The van der Waals surface area contributed by atoms with Gasteiger partial charge in [0.2, 0.25) is 0 Å². The fourth-order valence-corrected chi connectivity index (χ4v) is 2.38. The van der Waals surface area contributed by atoms with Crippen LogP contribution < -0.4 is 5.56 Å².